The number of carbonyl (C=O) groups excluding carboxylic acids is 1. The van der Waals surface area contributed by atoms with Crippen molar-refractivity contribution < 1.29 is 9.53 Å². The quantitative estimate of drug-likeness (QED) is 0.809. The number of aryl methyl sites for hydroxylation is 1. The van der Waals surface area contributed by atoms with E-state index < -0.39 is 5.60 Å². The molecule has 1 aromatic carbocycles. The summed E-state index contributed by atoms with van der Waals surface area (Å²) >= 11 is 0. The first-order chi connectivity index (χ1) is 9.67. The molecule has 0 radical (unpaired) electrons. The molecule has 1 atom stereocenters. The predicted octanol–water partition coefficient (Wildman–Crippen LogP) is 3.84. The van der Waals surface area contributed by atoms with Crippen LogP contribution in [0.5, 0.6) is 0 Å². The number of hydrogen-bond donors (Lipinski definition) is 1. The van der Waals surface area contributed by atoms with Crippen LogP contribution >= 0.6 is 0 Å². The number of rotatable bonds is 6. The van der Waals surface area contributed by atoms with E-state index in [0.717, 1.165) is 6.42 Å². The zero-order valence-electron chi connectivity index (χ0n) is 14.2. The van der Waals surface area contributed by atoms with Gasteiger partial charge in [0.1, 0.15) is 11.6 Å². The minimum absolute atomic E-state index is 0.164. The van der Waals surface area contributed by atoms with Gasteiger partial charge in [-0.2, -0.15) is 0 Å². The van der Waals surface area contributed by atoms with Crippen molar-refractivity contribution in [2.75, 3.05) is 0 Å². The highest BCUT2D eigenvalue weighted by Crippen LogP contribution is 2.13. The van der Waals surface area contributed by atoms with Crippen LogP contribution in [0.2, 0.25) is 0 Å². The van der Waals surface area contributed by atoms with Crippen molar-refractivity contribution in [2.24, 2.45) is 5.92 Å². The summed E-state index contributed by atoms with van der Waals surface area (Å²) in [5.41, 5.74) is 1.97. The van der Waals surface area contributed by atoms with Gasteiger partial charge in [0.15, 0.2) is 0 Å². The van der Waals surface area contributed by atoms with Crippen molar-refractivity contribution >= 4 is 5.97 Å². The van der Waals surface area contributed by atoms with Gasteiger partial charge in [-0.25, -0.2) is 0 Å². The van der Waals surface area contributed by atoms with Crippen molar-refractivity contribution in [2.45, 2.75) is 66.2 Å². The van der Waals surface area contributed by atoms with Gasteiger partial charge in [0.25, 0.3) is 0 Å². The Labute approximate surface area is 129 Å². The predicted molar refractivity (Wildman–Crippen MR) is 87.1 cm³/mol. The van der Waals surface area contributed by atoms with Gasteiger partial charge in [-0.15, -0.1) is 0 Å². The minimum atomic E-state index is -0.447. The molecule has 0 saturated carbocycles. The maximum atomic E-state index is 12.3. The summed E-state index contributed by atoms with van der Waals surface area (Å²) in [6.45, 7) is 12.7. The second kappa shape index (κ2) is 7.60. The molecule has 118 valence electrons. The van der Waals surface area contributed by atoms with Gasteiger partial charge in [0.05, 0.1) is 0 Å². The Bertz CT molecular complexity index is 443. The molecule has 1 rings (SSSR count). The van der Waals surface area contributed by atoms with Gasteiger partial charge in [-0.3, -0.25) is 4.79 Å². The third-order valence-electron chi connectivity index (χ3n) is 3.07. The summed E-state index contributed by atoms with van der Waals surface area (Å²) in [6.07, 6.45) is 0.779. The minimum Gasteiger partial charge on any atom is -0.459 e. The van der Waals surface area contributed by atoms with Crippen molar-refractivity contribution in [3.63, 3.8) is 0 Å². The van der Waals surface area contributed by atoms with Crippen LogP contribution < -0.4 is 5.32 Å². The maximum Gasteiger partial charge on any atom is 0.323 e. The second-order valence-corrected chi connectivity index (χ2v) is 7.08. The lowest BCUT2D eigenvalue weighted by molar-refractivity contribution is -0.158. The lowest BCUT2D eigenvalue weighted by Gasteiger charge is -2.25. The van der Waals surface area contributed by atoms with Gasteiger partial charge in [0.2, 0.25) is 0 Å². The third-order valence-corrected chi connectivity index (χ3v) is 3.07. The molecule has 0 amide bonds. The normalized spacial score (nSPS) is 13.3. The van der Waals surface area contributed by atoms with Crippen molar-refractivity contribution in [1.82, 2.24) is 5.32 Å². The van der Waals surface area contributed by atoms with Gasteiger partial charge >= 0.3 is 5.97 Å². The summed E-state index contributed by atoms with van der Waals surface area (Å²) in [4.78, 5) is 12.3. The van der Waals surface area contributed by atoms with E-state index in [4.69, 9.17) is 4.74 Å². The largest absolute Gasteiger partial charge is 0.459 e. The van der Waals surface area contributed by atoms with Gasteiger partial charge in [-0.05, 0) is 45.6 Å². The van der Waals surface area contributed by atoms with Crippen molar-refractivity contribution in [3.05, 3.63) is 35.4 Å². The summed E-state index contributed by atoms with van der Waals surface area (Å²) < 4.78 is 5.51. The SMILES string of the molecule is Cc1ccc(CNC(CC(C)C)C(=O)OC(C)(C)C)cc1. The highest BCUT2D eigenvalue weighted by molar-refractivity contribution is 5.76. The molecule has 1 N–H and O–H groups in total. The van der Waals surface area contributed by atoms with Gasteiger partial charge in [-0.1, -0.05) is 43.7 Å². The smallest absolute Gasteiger partial charge is 0.323 e. The Kier molecular flexibility index (Phi) is 6.41. The molecule has 0 fully saturated rings. The van der Waals surface area contributed by atoms with Crippen molar-refractivity contribution in [1.29, 1.82) is 0 Å². The number of ether oxygens (including phenoxy) is 1. The molecule has 0 aliphatic heterocycles. The summed E-state index contributed by atoms with van der Waals surface area (Å²) in [7, 11) is 0. The summed E-state index contributed by atoms with van der Waals surface area (Å²) in [6, 6.07) is 8.09. The van der Waals surface area contributed by atoms with Gasteiger partial charge < -0.3 is 10.1 Å². The molecule has 3 heteroatoms. The number of carbonyl (C=O) groups is 1. The standard InChI is InChI=1S/C18H29NO2/c1-13(2)11-16(17(20)21-18(4,5)6)19-12-15-9-7-14(3)8-10-15/h7-10,13,16,19H,11-12H2,1-6H3. The first-order valence-electron chi connectivity index (χ1n) is 7.69. The van der Waals surface area contributed by atoms with E-state index in [1.54, 1.807) is 0 Å². The van der Waals surface area contributed by atoms with E-state index in [-0.39, 0.29) is 12.0 Å². The van der Waals surface area contributed by atoms with Crippen molar-refractivity contribution in [3.8, 4) is 0 Å². The molecule has 0 aromatic heterocycles. The highest BCUT2D eigenvalue weighted by Gasteiger charge is 2.25. The molecule has 0 spiro atoms. The Balaban J connectivity index is 2.65. The average molecular weight is 291 g/mol. The lowest BCUT2D eigenvalue weighted by atomic mass is 10.0. The van der Waals surface area contributed by atoms with Crippen LogP contribution in [-0.2, 0) is 16.1 Å². The van der Waals surface area contributed by atoms with Gasteiger partial charge in [0, 0.05) is 6.54 Å². The monoisotopic (exact) mass is 291 g/mol. The molecule has 1 aromatic rings. The number of nitrogens with one attached hydrogen (secondary N) is 1. The van der Waals surface area contributed by atoms with Crippen LogP contribution in [0.1, 0.15) is 52.2 Å². The first kappa shape index (κ1) is 17.7. The molecule has 0 aliphatic rings. The summed E-state index contributed by atoms with van der Waals surface area (Å²) in [5.74, 6) is 0.274. The molecule has 21 heavy (non-hydrogen) atoms. The number of benzene rings is 1. The Morgan fingerprint density at radius 2 is 1.76 bits per heavy atom. The lowest BCUT2D eigenvalue weighted by Crippen LogP contribution is -2.41. The third kappa shape index (κ3) is 7.28. The zero-order valence-corrected chi connectivity index (χ0v) is 14.2. The molecule has 1 unspecified atom stereocenters. The van der Waals surface area contributed by atoms with Crippen LogP contribution in [0.15, 0.2) is 24.3 Å². The Hall–Kier alpha value is -1.35. The maximum absolute atomic E-state index is 12.3. The second-order valence-electron chi connectivity index (χ2n) is 7.08. The fraction of sp³-hybridized carbons (Fsp3) is 0.611. The van der Waals surface area contributed by atoms with Crippen LogP contribution in [0.25, 0.3) is 0 Å². The number of esters is 1. The average Bonchev–Trinajstić information content (AvgIpc) is 2.33. The van der Waals surface area contributed by atoms with Crippen LogP contribution in [-0.4, -0.2) is 17.6 Å². The van der Waals surface area contributed by atoms with E-state index >= 15 is 0 Å². The molecular weight excluding hydrogens is 262 g/mol. The molecular formula is C18H29NO2. The fourth-order valence-corrected chi connectivity index (χ4v) is 2.05. The van der Waals surface area contributed by atoms with E-state index in [2.05, 4.69) is 50.4 Å². The molecule has 0 heterocycles. The van der Waals surface area contributed by atoms with Crippen LogP contribution in [0.4, 0.5) is 0 Å². The molecule has 3 nitrogen and oxygen atoms in total. The summed E-state index contributed by atoms with van der Waals surface area (Å²) in [5, 5.41) is 3.33. The first-order valence-corrected chi connectivity index (χ1v) is 7.69. The number of hydrogen-bond acceptors (Lipinski definition) is 3. The fourth-order valence-electron chi connectivity index (χ4n) is 2.05. The molecule has 0 aliphatic carbocycles. The Morgan fingerprint density at radius 3 is 2.24 bits per heavy atom. The van der Waals surface area contributed by atoms with E-state index in [1.165, 1.54) is 11.1 Å². The van der Waals surface area contributed by atoms with E-state index in [0.29, 0.717) is 12.5 Å². The van der Waals surface area contributed by atoms with E-state index in [1.807, 2.05) is 20.8 Å². The molecule has 0 bridgehead atoms. The van der Waals surface area contributed by atoms with Crippen LogP contribution in [0.3, 0.4) is 0 Å². The zero-order chi connectivity index (χ0) is 16.0. The van der Waals surface area contributed by atoms with Crippen LogP contribution in [0, 0.1) is 12.8 Å². The Morgan fingerprint density at radius 1 is 1.19 bits per heavy atom. The molecule has 0 saturated heterocycles. The van der Waals surface area contributed by atoms with E-state index in [9.17, 15) is 4.79 Å². The topological polar surface area (TPSA) is 38.3 Å². The highest BCUT2D eigenvalue weighted by atomic mass is 16.6.